The van der Waals surface area contributed by atoms with Gasteiger partial charge in [0.15, 0.2) is 0 Å². The molecule has 1 unspecified atom stereocenters. The lowest BCUT2D eigenvalue weighted by Crippen LogP contribution is -2.34. The van der Waals surface area contributed by atoms with Crippen LogP contribution in [-0.2, 0) is 13.9 Å². The summed E-state index contributed by atoms with van der Waals surface area (Å²) in [6.45, 7) is 1.66. The SMILES string of the molecule is CCCCCCCCCCCCCCCC(=O)NCC(O)COP(=O)(O)O. The first kappa shape index (κ1) is 26.5. The number of carbonyl (C=O) groups excluding carboxylic acids is 1. The first-order valence-corrected chi connectivity index (χ1v) is 12.0. The van der Waals surface area contributed by atoms with Crippen molar-refractivity contribution in [2.24, 2.45) is 0 Å². The smallest absolute Gasteiger partial charge is 0.389 e. The normalized spacial score (nSPS) is 12.9. The van der Waals surface area contributed by atoms with Gasteiger partial charge in [0, 0.05) is 13.0 Å². The van der Waals surface area contributed by atoms with E-state index in [2.05, 4.69) is 16.8 Å². The van der Waals surface area contributed by atoms with Gasteiger partial charge in [-0.1, -0.05) is 84.0 Å². The average Bonchev–Trinajstić information content (AvgIpc) is 2.61. The van der Waals surface area contributed by atoms with E-state index in [0.717, 1.165) is 19.3 Å². The lowest BCUT2D eigenvalue weighted by atomic mass is 10.0. The zero-order chi connectivity index (χ0) is 20.4. The largest absolute Gasteiger partial charge is 0.469 e. The van der Waals surface area contributed by atoms with Gasteiger partial charge in [0.1, 0.15) is 0 Å². The first-order chi connectivity index (χ1) is 12.8. The second kappa shape index (κ2) is 17.6. The van der Waals surface area contributed by atoms with Crippen LogP contribution in [0, 0.1) is 0 Å². The Kier molecular flexibility index (Phi) is 17.3. The summed E-state index contributed by atoms with van der Waals surface area (Å²) in [5, 5.41) is 12.0. The summed E-state index contributed by atoms with van der Waals surface area (Å²) in [7, 11) is -4.58. The summed E-state index contributed by atoms with van der Waals surface area (Å²) >= 11 is 0. The minimum atomic E-state index is -4.58. The zero-order valence-electron chi connectivity index (χ0n) is 16.9. The number of carbonyl (C=O) groups is 1. The van der Waals surface area contributed by atoms with E-state index < -0.39 is 20.5 Å². The molecule has 0 aromatic carbocycles. The number of phosphoric acid groups is 1. The molecule has 0 spiro atoms. The van der Waals surface area contributed by atoms with Gasteiger partial charge in [-0.2, -0.15) is 0 Å². The molecule has 7 nitrogen and oxygen atoms in total. The lowest BCUT2D eigenvalue weighted by molar-refractivity contribution is -0.121. The number of nitrogens with one attached hydrogen (secondary N) is 1. The summed E-state index contributed by atoms with van der Waals surface area (Å²) in [4.78, 5) is 28.7. The fourth-order valence-corrected chi connectivity index (χ4v) is 3.23. The molecular weight excluding hydrogens is 369 g/mol. The quantitative estimate of drug-likeness (QED) is 0.189. The third-order valence-electron chi connectivity index (χ3n) is 4.48. The van der Waals surface area contributed by atoms with E-state index >= 15 is 0 Å². The number of aliphatic hydroxyl groups is 1. The van der Waals surface area contributed by atoms with E-state index in [1.807, 2.05) is 0 Å². The van der Waals surface area contributed by atoms with Crippen molar-refractivity contribution in [3.05, 3.63) is 0 Å². The molecule has 0 aliphatic heterocycles. The van der Waals surface area contributed by atoms with Gasteiger partial charge in [-0.05, 0) is 6.42 Å². The van der Waals surface area contributed by atoms with Crippen LogP contribution in [0.15, 0.2) is 0 Å². The molecule has 0 aliphatic rings. The van der Waals surface area contributed by atoms with Crippen molar-refractivity contribution in [3.8, 4) is 0 Å². The molecule has 162 valence electrons. The third-order valence-corrected chi connectivity index (χ3v) is 4.96. The van der Waals surface area contributed by atoms with Crippen molar-refractivity contribution in [3.63, 3.8) is 0 Å². The van der Waals surface area contributed by atoms with E-state index in [0.29, 0.717) is 6.42 Å². The van der Waals surface area contributed by atoms with Gasteiger partial charge in [-0.25, -0.2) is 4.57 Å². The van der Waals surface area contributed by atoms with Crippen molar-refractivity contribution >= 4 is 13.7 Å². The van der Waals surface area contributed by atoms with Crippen LogP contribution >= 0.6 is 7.82 Å². The molecular formula is C19H40NO6P. The van der Waals surface area contributed by atoms with Gasteiger partial charge in [0.2, 0.25) is 5.91 Å². The molecule has 4 N–H and O–H groups in total. The van der Waals surface area contributed by atoms with Crippen molar-refractivity contribution in [1.29, 1.82) is 0 Å². The monoisotopic (exact) mass is 409 g/mol. The summed E-state index contributed by atoms with van der Waals surface area (Å²) in [6.07, 6.45) is 15.5. The molecule has 0 saturated heterocycles. The Morgan fingerprint density at radius 3 is 1.78 bits per heavy atom. The molecule has 0 aromatic heterocycles. The number of unbranched alkanes of at least 4 members (excludes halogenated alkanes) is 12. The van der Waals surface area contributed by atoms with Gasteiger partial charge >= 0.3 is 7.82 Å². The highest BCUT2D eigenvalue weighted by molar-refractivity contribution is 7.46. The van der Waals surface area contributed by atoms with Crippen LogP contribution < -0.4 is 5.32 Å². The summed E-state index contributed by atoms with van der Waals surface area (Å²) in [5.41, 5.74) is 0. The molecule has 0 heterocycles. The van der Waals surface area contributed by atoms with Crippen LogP contribution in [0.1, 0.15) is 96.8 Å². The fraction of sp³-hybridized carbons (Fsp3) is 0.947. The van der Waals surface area contributed by atoms with E-state index in [-0.39, 0.29) is 12.5 Å². The predicted molar refractivity (Wildman–Crippen MR) is 107 cm³/mol. The van der Waals surface area contributed by atoms with Gasteiger partial charge < -0.3 is 20.2 Å². The Labute approximate surface area is 164 Å². The zero-order valence-corrected chi connectivity index (χ0v) is 17.8. The van der Waals surface area contributed by atoms with Crippen LogP contribution in [-0.4, -0.2) is 40.1 Å². The standard InChI is InChI=1S/C19H40NO6P/c1-2-3-4-5-6-7-8-9-10-11-12-13-14-15-19(22)20-16-18(21)17-26-27(23,24)25/h18,21H,2-17H2,1H3,(H,20,22)(H2,23,24,25). The number of hydrogen-bond acceptors (Lipinski definition) is 4. The minimum Gasteiger partial charge on any atom is -0.389 e. The molecule has 8 heteroatoms. The predicted octanol–water partition coefficient (Wildman–Crippen LogP) is 4.05. The number of phosphoric ester groups is 1. The highest BCUT2D eigenvalue weighted by Gasteiger charge is 2.17. The van der Waals surface area contributed by atoms with Crippen LogP contribution in [0.3, 0.4) is 0 Å². The highest BCUT2D eigenvalue weighted by Crippen LogP contribution is 2.35. The number of rotatable bonds is 19. The number of amides is 1. The van der Waals surface area contributed by atoms with E-state index in [1.54, 1.807) is 0 Å². The minimum absolute atomic E-state index is 0.0721. The van der Waals surface area contributed by atoms with E-state index in [1.165, 1.54) is 64.2 Å². The Bertz CT molecular complexity index is 402. The molecule has 0 aromatic rings. The Balaban J connectivity index is 3.33. The van der Waals surface area contributed by atoms with Crippen LogP contribution in [0.4, 0.5) is 0 Å². The summed E-state index contributed by atoms with van der Waals surface area (Å²) in [5.74, 6) is -0.159. The Morgan fingerprint density at radius 2 is 1.33 bits per heavy atom. The van der Waals surface area contributed by atoms with Gasteiger partial charge in [0.25, 0.3) is 0 Å². The molecule has 0 saturated carbocycles. The van der Waals surface area contributed by atoms with Crippen LogP contribution in [0.25, 0.3) is 0 Å². The topological polar surface area (TPSA) is 116 Å². The van der Waals surface area contributed by atoms with Crippen molar-refractivity contribution < 1.29 is 28.8 Å². The number of aliphatic hydroxyl groups excluding tert-OH is 1. The average molecular weight is 410 g/mol. The summed E-state index contributed by atoms with van der Waals surface area (Å²) < 4.78 is 14.7. The molecule has 27 heavy (non-hydrogen) atoms. The molecule has 1 amide bonds. The molecule has 0 fully saturated rings. The molecule has 0 aliphatic carbocycles. The maximum atomic E-state index is 11.6. The number of hydrogen-bond donors (Lipinski definition) is 4. The molecule has 1 atom stereocenters. The van der Waals surface area contributed by atoms with Crippen molar-refractivity contribution in [2.45, 2.75) is 103 Å². The fourth-order valence-electron chi connectivity index (χ4n) is 2.87. The maximum Gasteiger partial charge on any atom is 0.469 e. The van der Waals surface area contributed by atoms with Gasteiger partial charge in [-0.15, -0.1) is 0 Å². The van der Waals surface area contributed by atoms with E-state index in [9.17, 15) is 14.5 Å². The van der Waals surface area contributed by atoms with Crippen molar-refractivity contribution in [1.82, 2.24) is 5.32 Å². The maximum absolute atomic E-state index is 11.6. The van der Waals surface area contributed by atoms with Crippen LogP contribution in [0.2, 0.25) is 0 Å². The van der Waals surface area contributed by atoms with Gasteiger partial charge in [0.05, 0.1) is 12.7 Å². The Hall–Kier alpha value is -0.460. The van der Waals surface area contributed by atoms with Gasteiger partial charge in [-0.3, -0.25) is 9.32 Å². The van der Waals surface area contributed by atoms with E-state index in [4.69, 9.17) is 9.79 Å². The molecule has 0 rings (SSSR count). The Morgan fingerprint density at radius 1 is 0.889 bits per heavy atom. The second-order valence-corrected chi connectivity index (χ2v) is 8.48. The first-order valence-electron chi connectivity index (χ1n) is 10.5. The molecule has 0 bridgehead atoms. The lowest BCUT2D eigenvalue weighted by Gasteiger charge is -2.12. The molecule has 0 radical (unpaired) electrons. The third kappa shape index (κ3) is 21.7. The highest BCUT2D eigenvalue weighted by atomic mass is 31.2. The van der Waals surface area contributed by atoms with Crippen molar-refractivity contribution in [2.75, 3.05) is 13.2 Å². The van der Waals surface area contributed by atoms with Crippen LogP contribution in [0.5, 0.6) is 0 Å². The summed E-state index contributed by atoms with van der Waals surface area (Å²) in [6, 6.07) is 0. The second-order valence-electron chi connectivity index (χ2n) is 7.24.